The highest BCUT2D eigenvalue weighted by atomic mass is 19.1. The standard InChI is InChI=1S/C27H29FN6O3/c1-33(19-8-12-34(13-9-19)26(36)18-4-2-10-29-16-18)27(37)21-14-17(6-7-22(21)28)15-23-24-20(5-3-11-30-24)25(35)32-31-23/h2,4,6-7,10,14,16,19,23,30H,3,5,8-9,11-13,15H2,1H3. The Morgan fingerprint density at radius 2 is 2.03 bits per heavy atom. The van der Waals surface area contributed by atoms with Gasteiger partial charge in [-0.3, -0.25) is 19.4 Å². The monoisotopic (exact) mass is 504 g/mol. The Morgan fingerprint density at radius 3 is 2.78 bits per heavy atom. The molecule has 5 rings (SSSR count). The van der Waals surface area contributed by atoms with Crippen LogP contribution in [0.3, 0.4) is 0 Å². The molecule has 1 N–H and O–H groups in total. The van der Waals surface area contributed by atoms with E-state index in [0.717, 1.165) is 24.2 Å². The SMILES string of the molecule is CN(C(=O)c1cc(CC2N=NC(=O)C3=C2NCCC3)ccc1F)C1CCN(C(=O)c2cccnc2)CC1. The Hall–Kier alpha value is -3.95. The van der Waals surface area contributed by atoms with Crippen molar-refractivity contribution in [3.05, 3.63) is 76.5 Å². The predicted octanol–water partition coefficient (Wildman–Crippen LogP) is 3.14. The molecular formula is C27H29FN6O3. The van der Waals surface area contributed by atoms with Crippen molar-refractivity contribution in [1.82, 2.24) is 20.1 Å². The van der Waals surface area contributed by atoms with Crippen LogP contribution < -0.4 is 5.32 Å². The summed E-state index contributed by atoms with van der Waals surface area (Å²) < 4.78 is 14.8. The summed E-state index contributed by atoms with van der Waals surface area (Å²) in [6.07, 6.45) is 6.32. The van der Waals surface area contributed by atoms with E-state index < -0.39 is 11.7 Å². The summed E-state index contributed by atoms with van der Waals surface area (Å²) in [5.74, 6) is -1.36. The van der Waals surface area contributed by atoms with Gasteiger partial charge in [-0.15, -0.1) is 5.11 Å². The first-order valence-corrected chi connectivity index (χ1v) is 12.6. The van der Waals surface area contributed by atoms with E-state index in [2.05, 4.69) is 20.5 Å². The first-order chi connectivity index (χ1) is 17.9. The van der Waals surface area contributed by atoms with E-state index in [1.165, 1.54) is 6.07 Å². The van der Waals surface area contributed by atoms with E-state index in [9.17, 15) is 18.8 Å². The molecule has 3 aliphatic heterocycles. The average Bonchev–Trinajstić information content (AvgIpc) is 2.95. The number of pyridine rings is 1. The number of likely N-dealkylation sites (tertiary alicyclic amines) is 1. The van der Waals surface area contributed by atoms with Crippen LogP contribution in [-0.2, 0) is 11.2 Å². The highest BCUT2D eigenvalue weighted by Crippen LogP contribution is 2.28. The van der Waals surface area contributed by atoms with Crippen molar-refractivity contribution >= 4 is 17.7 Å². The van der Waals surface area contributed by atoms with Gasteiger partial charge in [-0.2, -0.15) is 5.11 Å². The summed E-state index contributed by atoms with van der Waals surface area (Å²) in [6.45, 7) is 1.78. The largest absolute Gasteiger partial charge is 0.386 e. The molecule has 10 heteroatoms. The number of hydrogen-bond acceptors (Lipinski definition) is 6. The molecule has 192 valence electrons. The fraction of sp³-hybridized carbons (Fsp3) is 0.407. The van der Waals surface area contributed by atoms with Crippen LogP contribution in [0.25, 0.3) is 0 Å². The molecule has 4 heterocycles. The number of halogens is 1. The van der Waals surface area contributed by atoms with E-state index in [1.54, 1.807) is 53.5 Å². The zero-order chi connectivity index (χ0) is 25.9. The van der Waals surface area contributed by atoms with E-state index in [4.69, 9.17) is 0 Å². The highest BCUT2D eigenvalue weighted by molar-refractivity contribution is 5.96. The minimum atomic E-state index is -0.582. The van der Waals surface area contributed by atoms with Crippen LogP contribution in [0.1, 0.15) is 52.0 Å². The van der Waals surface area contributed by atoms with Gasteiger partial charge in [0.15, 0.2) is 0 Å². The van der Waals surface area contributed by atoms with Gasteiger partial charge in [0, 0.05) is 62.8 Å². The van der Waals surface area contributed by atoms with E-state index in [-0.39, 0.29) is 29.5 Å². The molecule has 0 bridgehead atoms. The number of hydrogen-bond donors (Lipinski definition) is 1. The lowest BCUT2D eigenvalue weighted by Crippen LogP contribution is -2.47. The topological polar surface area (TPSA) is 107 Å². The first kappa shape index (κ1) is 24.7. The summed E-state index contributed by atoms with van der Waals surface area (Å²) in [5, 5.41) is 11.2. The molecule has 1 saturated heterocycles. The third-order valence-electron chi connectivity index (χ3n) is 7.34. The van der Waals surface area contributed by atoms with Gasteiger partial charge < -0.3 is 15.1 Å². The fourth-order valence-electron chi connectivity index (χ4n) is 5.22. The van der Waals surface area contributed by atoms with E-state index in [1.807, 2.05) is 0 Å². The van der Waals surface area contributed by atoms with Crippen molar-refractivity contribution in [1.29, 1.82) is 0 Å². The molecule has 0 spiro atoms. The number of carbonyl (C=O) groups excluding carboxylic acids is 3. The number of rotatable bonds is 5. The molecule has 3 aliphatic rings. The molecule has 1 fully saturated rings. The number of piperidine rings is 1. The summed E-state index contributed by atoms with van der Waals surface area (Å²) in [5.41, 5.74) is 2.74. The highest BCUT2D eigenvalue weighted by Gasteiger charge is 2.31. The Labute approximate surface area is 214 Å². The normalized spacial score (nSPS) is 19.9. The molecule has 1 atom stereocenters. The lowest BCUT2D eigenvalue weighted by molar-refractivity contribution is -0.115. The van der Waals surface area contributed by atoms with Crippen LogP contribution >= 0.6 is 0 Å². The molecule has 0 radical (unpaired) electrons. The van der Waals surface area contributed by atoms with Gasteiger partial charge in [-0.1, -0.05) is 6.07 Å². The van der Waals surface area contributed by atoms with Gasteiger partial charge in [0.1, 0.15) is 11.9 Å². The summed E-state index contributed by atoms with van der Waals surface area (Å²) in [6, 6.07) is 7.52. The quantitative estimate of drug-likeness (QED) is 0.673. The van der Waals surface area contributed by atoms with E-state index in [0.29, 0.717) is 49.9 Å². The Morgan fingerprint density at radius 1 is 1.22 bits per heavy atom. The van der Waals surface area contributed by atoms with Crippen molar-refractivity contribution in [3.8, 4) is 0 Å². The molecular weight excluding hydrogens is 475 g/mol. The maximum absolute atomic E-state index is 14.8. The number of benzene rings is 1. The molecule has 0 aliphatic carbocycles. The third kappa shape index (κ3) is 5.14. The van der Waals surface area contributed by atoms with E-state index >= 15 is 0 Å². The van der Waals surface area contributed by atoms with Gasteiger partial charge in [0.05, 0.1) is 11.1 Å². The molecule has 3 amide bonds. The number of nitrogens with zero attached hydrogens (tertiary/aromatic N) is 5. The molecule has 0 saturated carbocycles. The summed E-state index contributed by atoms with van der Waals surface area (Å²) in [7, 11) is 1.68. The lowest BCUT2D eigenvalue weighted by Gasteiger charge is -2.37. The minimum Gasteiger partial charge on any atom is -0.386 e. The number of azo groups is 1. The maximum Gasteiger partial charge on any atom is 0.292 e. The summed E-state index contributed by atoms with van der Waals surface area (Å²) >= 11 is 0. The van der Waals surface area contributed by atoms with Gasteiger partial charge in [0.25, 0.3) is 17.7 Å². The van der Waals surface area contributed by atoms with Crippen LogP contribution in [0, 0.1) is 5.82 Å². The lowest BCUT2D eigenvalue weighted by atomic mass is 9.93. The van der Waals surface area contributed by atoms with Crippen molar-refractivity contribution in [2.75, 3.05) is 26.7 Å². The van der Waals surface area contributed by atoms with Gasteiger partial charge in [-0.05, 0) is 55.5 Å². The average molecular weight is 505 g/mol. The van der Waals surface area contributed by atoms with Crippen LogP contribution in [-0.4, -0.2) is 71.3 Å². The van der Waals surface area contributed by atoms with Crippen molar-refractivity contribution in [3.63, 3.8) is 0 Å². The zero-order valence-electron chi connectivity index (χ0n) is 20.7. The van der Waals surface area contributed by atoms with Crippen LogP contribution in [0.15, 0.2) is 64.2 Å². The van der Waals surface area contributed by atoms with Crippen molar-refractivity contribution in [2.45, 2.75) is 44.2 Å². The molecule has 1 aromatic carbocycles. The fourth-order valence-corrected chi connectivity index (χ4v) is 5.22. The smallest absolute Gasteiger partial charge is 0.292 e. The van der Waals surface area contributed by atoms with Crippen LogP contribution in [0.2, 0.25) is 0 Å². The second-order valence-electron chi connectivity index (χ2n) is 9.66. The van der Waals surface area contributed by atoms with Gasteiger partial charge >= 0.3 is 0 Å². The van der Waals surface area contributed by atoms with Gasteiger partial charge in [-0.25, -0.2) is 4.39 Å². The number of carbonyl (C=O) groups is 3. The Balaban J connectivity index is 1.25. The molecule has 1 aromatic heterocycles. The molecule has 2 aromatic rings. The molecule has 37 heavy (non-hydrogen) atoms. The second kappa shape index (κ2) is 10.6. The molecule has 1 unspecified atom stereocenters. The first-order valence-electron chi connectivity index (χ1n) is 12.6. The molecule has 9 nitrogen and oxygen atoms in total. The van der Waals surface area contributed by atoms with Crippen molar-refractivity contribution in [2.24, 2.45) is 10.2 Å². The number of aromatic nitrogens is 1. The summed E-state index contributed by atoms with van der Waals surface area (Å²) in [4.78, 5) is 45.4. The minimum absolute atomic E-state index is 0.00324. The number of nitrogens with one attached hydrogen (secondary N) is 1. The predicted molar refractivity (Wildman–Crippen MR) is 133 cm³/mol. The zero-order valence-corrected chi connectivity index (χ0v) is 20.7. The maximum atomic E-state index is 14.8. The third-order valence-corrected chi connectivity index (χ3v) is 7.34. The second-order valence-corrected chi connectivity index (χ2v) is 9.66. The Bertz CT molecular complexity index is 1270. The Kier molecular flexibility index (Phi) is 7.07. The van der Waals surface area contributed by atoms with Gasteiger partial charge in [0.2, 0.25) is 0 Å². The van der Waals surface area contributed by atoms with Crippen molar-refractivity contribution < 1.29 is 18.8 Å². The number of amides is 3. The van der Waals surface area contributed by atoms with Crippen LogP contribution in [0.4, 0.5) is 4.39 Å². The van der Waals surface area contributed by atoms with Crippen LogP contribution in [0.5, 0.6) is 0 Å².